The molecular weight excluding hydrogens is 318 g/mol. The lowest BCUT2D eigenvalue weighted by Crippen LogP contribution is -2.45. The van der Waals surface area contributed by atoms with E-state index in [1.54, 1.807) is 12.0 Å². The molecule has 0 saturated carbocycles. The Morgan fingerprint density at radius 1 is 1.40 bits per heavy atom. The number of rotatable bonds is 6. The van der Waals surface area contributed by atoms with Crippen molar-refractivity contribution in [3.05, 3.63) is 24.3 Å². The van der Waals surface area contributed by atoms with Crippen LogP contribution in [0.15, 0.2) is 24.3 Å². The summed E-state index contributed by atoms with van der Waals surface area (Å²) in [5.74, 6) is 0.490. The van der Waals surface area contributed by atoms with Crippen LogP contribution in [0.25, 0.3) is 0 Å². The Bertz CT molecular complexity index is 628. The number of methoxy groups -OCH3 is 1. The van der Waals surface area contributed by atoms with E-state index in [0.717, 1.165) is 38.2 Å². The normalized spacial score (nSPS) is 23.1. The van der Waals surface area contributed by atoms with Crippen molar-refractivity contribution in [2.45, 2.75) is 32.2 Å². The van der Waals surface area contributed by atoms with Gasteiger partial charge in [0.25, 0.3) is 0 Å². The van der Waals surface area contributed by atoms with Crippen molar-refractivity contribution < 1.29 is 14.3 Å². The summed E-state index contributed by atoms with van der Waals surface area (Å²) >= 11 is 0. The van der Waals surface area contributed by atoms with Crippen molar-refractivity contribution in [1.29, 1.82) is 0 Å². The first-order valence-corrected chi connectivity index (χ1v) is 9.10. The van der Waals surface area contributed by atoms with Crippen LogP contribution in [-0.2, 0) is 9.59 Å². The van der Waals surface area contributed by atoms with Gasteiger partial charge >= 0.3 is 0 Å². The predicted octanol–water partition coefficient (Wildman–Crippen LogP) is 1.65. The molecule has 25 heavy (non-hydrogen) atoms. The number of hydrogen-bond acceptors (Lipinski definition) is 4. The van der Waals surface area contributed by atoms with E-state index >= 15 is 0 Å². The molecule has 6 heteroatoms. The van der Waals surface area contributed by atoms with E-state index in [1.165, 1.54) is 0 Å². The molecule has 1 aromatic carbocycles. The van der Waals surface area contributed by atoms with Crippen molar-refractivity contribution in [2.24, 2.45) is 5.92 Å². The number of amides is 2. The van der Waals surface area contributed by atoms with Gasteiger partial charge in [0.2, 0.25) is 11.8 Å². The minimum absolute atomic E-state index is 0.0103. The highest BCUT2D eigenvalue weighted by Crippen LogP contribution is 2.33. The van der Waals surface area contributed by atoms with Crippen LogP contribution in [0.3, 0.4) is 0 Å². The molecule has 1 N–H and O–H groups in total. The van der Waals surface area contributed by atoms with Crippen LogP contribution >= 0.6 is 0 Å². The molecule has 6 nitrogen and oxygen atoms in total. The van der Waals surface area contributed by atoms with Gasteiger partial charge in [-0.25, -0.2) is 0 Å². The zero-order valence-corrected chi connectivity index (χ0v) is 15.0. The van der Waals surface area contributed by atoms with Gasteiger partial charge in [-0.05, 0) is 31.5 Å². The predicted molar refractivity (Wildman–Crippen MR) is 96.7 cm³/mol. The highest BCUT2D eigenvalue weighted by atomic mass is 16.5. The van der Waals surface area contributed by atoms with Crippen LogP contribution < -0.4 is 15.0 Å². The van der Waals surface area contributed by atoms with Crippen molar-refractivity contribution in [3.63, 3.8) is 0 Å². The summed E-state index contributed by atoms with van der Waals surface area (Å²) in [6.45, 7) is 5.07. The fourth-order valence-corrected chi connectivity index (χ4v) is 3.81. The highest BCUT2D eigenvalue weighted by Gasteiger charge is 2.39. The molecule has 136 valence electrons. The van der Waals surface area contributed by atoms with Gasteiger partial charge < -0.3 is 19.9 Å². The number of carbonyl (C=O) groups excluding carboxylic acids is 2. The van der Waals surface area contributed by atoms with E-state index in [-0.39, 0.29) is 30.2 Å². The molecule has 1 aromatic rings. The molecule has 0 aliphatic carbocycles. The molecule has 2 atom stereocenters. The molecule has 2 fully saturated rings. The fraction of sp³-hybridized carbons (Fsp3) is 0.579. The third-order valence-electron chi connectivity index (χ3n) is 5.07. The Morgan fingerprint density at radius 3 is 2.88 bits per heavy atom. The summed E-state index contributed by atoms with van der Waals surface area (Å²) in [4.78, 5) is 29.3. The van der Waals surface area contributed by atoms with Gasteiger partial charge in [0, 0.05) is 32.1 Å². The molecule has 0 bridgehead atoms. The average molecular weight is 345 g/mol. The largest absolute Gasteiger partial charge is 0.495 e. The van der Waals surface area contributed by atoms with Crippen LogP contribution in [0, 0.1) is 5.92 Å². The molecule has 2 aliphatic heterocycles. The van der Waals surface area contributed by atoms with Gasteiger partial charge in [0.15, 0.2) is 0 Å². The molecular formula is C19H27N3O3. The van der Waals surface area contributed by atoms with Crippen molar-refractivity contribution >= 4 is 17.5 Å². The van der Waals surface area contributed by atoms with Crippen LogP contribution in [0.5, 0.6) is 5.75 Å². The van der Waals surface area contributed by atoms with Gasteiger partial charge in [0.1, 0.15) is 5.75 Å². The van der Waals surface area contributed by atoms with Gasteiger partial charge in [0.05, 0.1) is 18.7 Å². The third-order valence-corrected chi connectivity index (χ3v) is 5.07. The van der Waals surface area contributed by atoms with Crippen LogP contribution in [0.4, 0.5) is 5.69 Å². The fourth-order valence-electron chi connectivity index (χ4n) is 3.81. The molecule has 2 aliphatic rings. The van der Waals surface area contributed by atoms with Gasteiger partial charge in [-0.1, -0.05) is 19.1 Å². The number of para-hydroxylation sites is 2. The maximum Gasteiger partial charge on any atom is 0.228 e. The Kier molecular flexibility index (Phi) is 5.58. The first-order valence-electron chi connectivity index (χ1n) is 9.10. The van der Waals surface area contributed by atoms with E-state index in [1.807, 2.05) is 29.2 Å². The maximum absolute atomic E-state index is 13.1. The Balaban J connectivity index is 1.75. The smallest absolute Gasteiger partial charge is 0.228 e. The molecule has 0 radical (unpaired) electrons. The number of benzene rings is 1. The van der Waals surface area contributed by atoms with Gasteiger partial charge in [-0.2, -0.15) is 0 Å². The lowest BCUT2D eigenvalue weighted by atomic mass is 10.0. The quantitative estimate of drug-likeness (QED) is 0.852. The first-order chi connectivity index (χ1) is 12.2. The summed E-state index contributed by atoms with van der Waals surface area (Å²) < 4.78 is 5.37. The third kappa shape index (κ3) is 3.63. The molecule has 0 aromatic heterocycles. The topological polar surface area (TPSA) is 61.9 Å². The second-order valence-electron chi connectivity index (χ2n) is 6.76. The Labute approximate surface area is 149 Å². The van der Waals surface area contributed by atoms with Crippen molar-refractivity contribution in [1.82, 2.24) is 10.2 Å². The summed E-state index contributed by atoms with van der Waals surface area (Å²) in [6.07, 6.45) is 2.19. The number of carbonyl (C=O) groups is 2. The number of nitrogens with zero attached hydrogens (tertiary/aromatic N) is 2. The minimum atomic E-state index is -0.274. The molecule has 2 saturated heterocycles. The Hall–Kier alpha value is -2.08. The molecule has 0 spiro atoms. The standard InChI is InChI=1S/C19H27N3O3/c1-3-10-21(15-8-9-20-12-15)19(24)14-11-18(23)22(13-14)16-6-4-5-7-17(16)25-2/h4-7,14-15,20H,3,8-13H2,1-2H3. The number of nitrogens with one attached hydrogen (secondary N) is 1. The Morgan fingerprint density at radius 2 is 2.20 bits per heavy atom. The molecule has 3 rings (SSSR count). The summed E-state index contributed by atoms with van der Waals surface area (Å²) in [6, 6.07) is 7.72. The van der Waals surface area contributed by atoms with Crippen LogP contribution in [0.2, 0.25) is 0 Å². The summed E-state index contributed by atoms with van der Waals surface area (Å²) in [5.41, 5.74) is 0.745. The number of anilines is 1. The van der Waals surface area contributed by atoms with Crippen molar-refractivity contribution in [3.8, 4) is 5.75 Å². The minimum Gasteiger partial charge on any atom is -0.495 e. The van der Waals surface area contributed by atoms with E-state index in [2.05, 4.69) is 12.2 Å². The second-order valence-corrected chi connectivity index (χ2v) is 6.76. The second kappa shape index (κ2) is 7.87. The van der Waals surface area contributed by atoms with E-state index in [9.17, 15) is 9.59 Å². The SMILES string of the molecule is CCCN(C(=O)C1CC(=O)N(c2ccccc2OC)C1)C1CCNC1. The van der Waals surface area contributed by atoms with E-state index in [4.69, 9.17) is 4.74 Å². The first kappa shape index (κ1) is 17.7. The van der Waals surface area contributed by atoms with E-state index < -0.39 is 0 Å². The summed E-state index contributed by atoms with van der Waals surface area (Å²) in [5, 5.41) is 3.33. The molecule has 2 heterocycles. The van der Waals surface area contributed by atoms with Crippen molar-refractivity contribution in [2.75, 3.05) is 38.2 Å². The van der Waals surface area contributed by atoms with E-state index in [0.29, 0.717) is 12.3 Å². The summed E-state index contributed by atoms with van der Waals surface area (Å²) in [7, 11) is 1.60. The zero-order valence-electron chi connectivity index (χ0n) is 15.0. The average Bonchev–Trinajstić information content (AvgIpc) is 3.29. The highest BCUT2D eigenvalue weighted by molar-refractivity contribution is 6.01. The number of ether oxygens (including phenoxy) is 1. The zero-order chi connectivity index (χ0) is 17.8. The molecule has 2 amide bonds. The number of hydrogen-bond donors (Lipinski definition) is 1. The maximum atomic E-state index is 13.1. The van der Waals surface area contributed by atoms with Gasteiger partial charge in [-0.15, -0.1) is 0 Å². The lowest BCUT2D eigenvalue weighted by molar-refractivity contribution is -0.137. The lowest BCUT2D eigenvalue weighted by Gasteiger charge is -2.30. The monoisotopic (exact) mass is 345 g/mol. The molecule has 2 unspecified atom stereocenters. The van der Waals surface area contributed by atoms with Crippen LogP contribution in [-0.4, -0.2) is 56.0 Å². The van der Waals surface area contributed by atoms with Gasteiger partial charge in [-0.3, -0.25) is 9.59 Å². The van der Waals surface area contributed by atoms with Crippen LogP contribution in [0.1, 0.15) is 26.2 Å².